The lowest BCUT2D eigenvalue weighted by Gasteiger charge is -2.28. The maximum atomic E-state index is 5.91. The van der Waals surface area contributed by atoms with Crippen molar-refractivity contribution in [2.75, 3.05) is 37.4 Å². The van der Waals surface area contributed by atoms with Gasteiger partial charge in [-0.05, 0) is 92.6 Å². The minimum Gasteiger partial charge on any atom is -0.385 e. The fourth-order valence-corrected chi connectivity index (χ4v) is 5.74. The monoisotopic (exact) mass is 524 g/mol. The molecule has 0 spiro atoms. The van der Waals surface area contributed by atoms with Gasteiger partial charge in [-0.25, -0.2) is 0 Å². The Morgan fingerprint density at radius 1 is 0.974 bits per heavy atom. The first-order chi connectivity index (χ1) is 18.4. The van der Waals surface area contributed by atoms with Gasteiger partial charge in [0, 0.05) is 61.8 Å². The molecule has 2 N–H and O–H groups in total. The van der Waals surface area contributed by atoms with E-state index in [1.54, 1.807) is 0 Å². The zero-order chi connectivity index (χ0) is 26.6. The van der Waals surface area contributed by atoms with Crippen LogP contribution >= 0.6 is 12.2 Å². The molecular weight excluding hydrogens is 488 g/mol. The minimum atomic E-state index is -0.0177. The molecule has 2 aromatic heterocycles. The molecular formula is C31H36N6S. The molecule has 4 aromatic rings. The number of anilines is 2. The van der Waals surface area contributed by atoms with E-state index in [1.165, 1.54) is 28.3 Å². The summed E-state index contributed by atoms with van der Waals surface area (Å²) in [5.41, 5.74) is 8.21. The number of nitrogens with zero attached hydrogens (tertiary/aromatic N) is 4. The van der Waals surface area contributed by atoms with Gasteiger partial charge in [-0.15, -0.1) is 0 Å². The van der Waals surface area contributed by atoms with Crippen molar-refractivity contribution < 1.29 is 0 Å². The Labute approximate surface area is 231 Å². The van der Waals surface area contributed by atoms with E-state index in [0.717, 1.165) is 36.0 Å². The van der Waals surface area contributed by atoms with Crippen molar-refractivity contribution >= 4 is 28.7 Å². The minimum absolute atomic E-state index is 0.0177. The molecule has 2 aromatic carbocycles. The van der Waals surface area contributed by atoms with Crippen molar-refractivity contribution in [1.82, 2.24) is 19.8 Å². The van der Waals surface area contributed by atoms with E-state index in [9.17, 15) is 0 Å². The lowest BCUT2D eigenvalue weighted by atomic mass is 9.96. The van der Waals surface area contributed by atoms with Gasteiger partial charge < -0.3 is 25.0 Å². The van der Waals surface area contributed by atoms with Gasteiger partial charge in [-0.1, -0.05) is 24.3 Å². The molecule has 0 saturated carbocycles. The van der Waals surface area contributed by atoms with Crippen LogP contribution in [-0.4, -0.2) is 46.7 Å². The fourth-order valence-electron chi connectivity index (χ4n) is 5.41. The Kier molecular flexibility index (Phi) is 7.65. The van der Waals surface area contributed by atoms with Gasteiger partial charge in [0.15, 0.2) is 5.11 Å². The number of pyridine rings is 1. The fraction of sp³-hybridized carbons (Fsp3) is 0.290. The Hall–Kier alpha value is -3.84. The summed E-state index contributed by atoms with van der Waals surface area (Å²) >= 11 is 5.91. The molecule has 6 nitrogen and oxygen atoms in total. The number of hydrogen-bond donors (Lipinski definition) is 2. The van der Waals surface area contributed by atoms with Crippen LogP contribution in [0.1, 0.15) is 41.1 Å². The number of aryl methyl sites for hydroxylation is 1. The number of hydrogen-bond acceptors (Lipinski definition) is 4. The van der Waals surface area contributed by atoms with E-state index in [2.05, 4.69) is 114 Å². The highest BCUT2D eigenvalue weighted by Crippen LogP contribution is 2.41. The average molecular weight is 525 g/mol. The van der Waals surface area contributed by atoms with Crippen LogP contribution in [0.5, 0.6) is 0 Å². The summed E-state index contributed by atoms with van der Waals surface area (Å²) in [6.07, 6.45) is 2.83. The van der Waals surface area contributed by atoms with E-state index in [-0.39, 0.29) is 12.1 Å². The lowest BCUT2D eigenvalue weighted by molar-refractivity contribution is 0.315. The van der Waals surface area contributed by atoms with Crippen molar-refractivity contribution in [2.24, 2.45) is 0 Å². The Morgan fingerprint density at radius 2 is 1.71 bits per heavy atom. The van der Waals surface area contributed by atoms with Crippen molar-refractivity contribution in [3.8, 4) is 5.69 Å². The van der Waals surface area contributed by atoms with Crippen LogP contribution in [0, 0.1) is 13.8 Å². The van der Waals surface area contributed by atoms with Crippen LogP contribution in [0.4, 0.5) is 11.4 Å². The van der Waals surface area contributed by atoms with Gasteiger partial charge in [0.2, 0.25) is 0 Å². The molecule has 1 fully saturated rings. The summed E-state index contributed by atoms with van der Waals surface area (Å²) in [5, 5.41) is 7.91. The van der Waals surface area contributed by atoms with Gasteiger partial charge in [0.1, 0.15) is 0 Å². The highest BCUT2D eigenvalue weighted by atomic mass is 32.1. The lowest BCUT2D eigenvalue weighted by Crippen LogP contribution is -2.31. The first kappa shape index (κ1) is 25.8. The maximum absolute atomic E-state index is 5.91. The molecule has 1 aliphatic heterocycles. The van der Waals surface area contributed by atoms with Crippen molar-refractivity contribution in [2.45, 2.75) is 32.4 Å². The Balaban J connectivity index is 1.45. The molecule has 1 saturated heterocycles. The van der Waals surface area contributed by atoms with Gasteiger partial charge in [0.25, 0.3) is 0 Å². The topological polar surface area (TPSA) is 48.4 Å². The Bertz CT molecular complexity index is 1370. The summed E-state index contributed by atoms with van der Waals surface area (Å²) in [4.78, 5) is 9.18. The highest BCUT2D eigenvalue weighted by molar-refractivity contribution is 7.80. The summed E-state index contributed by atoms with van der Waals surface area (Å²) in [7, 11) is 4.13. The van der Waals surface area contributed by atoms with Crippen molar-refractivity contribution in [3.05, 3.63) is 108 Å². The zero-order valence-electron chi connectivity index (χ0n) is 22.6. The van der Waals surface area contributed by atoms with E-state index >= 15 is 0 Å². The number of thiocarbonyl (C=S) groups is 1. The molecule has 5 rings (SSSR count). The van der Waals surface area contributed by atoms with Crippen molar-refractivity contribution in [1.29, 1.82) is 0 Å². The summed E-state index contributed by atoms with van der Waals surface area (Å²) < 4.78 is 2.35. The third kappa shape index (κ3) is 5.24. The second-order valence-electron chi connectivity index (χ2n) is 10.0. The maximum Gasteiger partial charge on any atom is 0.170 e. The molecule has 2 atom stereocenters. The number of para-hydroxylation sites is 1. The molecule has 0 radical (unpaired) electrons. The quantitative estimate of drug-likeness (QED) is 0.206. The van der Waals surface area contributed by atoms with Gasteiger partial charge in [-0.3, -0.25) is 4.98 Å². The third-order valence-corrected chi connectivity index (χ3v) is 7.64. The first-order valence-corrected chi connectivity index (χ1v) is 13.6. The second-order valence-corrected chi connectivity index (χ2v) is 10.4. The number of benzene rings is 2. The first-order valence-electron chi connectivity index (χ1n) is 13.2. The SMILES string of the molecule is Cc1cc([C@@H]2[C@@H](c3ccccn3)NC(=S)N2CCCNc2ccccc2)c(C)n1-c1ccc(N(C)C)cc1. The van der Waals surface area contributed by atoms with Crippen LogP contribution in [0.25, 0.3) is 5.69 Å². The predicted molar refractivity (Wildman–Crippen MR) is 161 cm³/mol. The normalized spacial score (nSPS) is 16.9. The van der Waals surface area contributed by atoms with Gasteiger partial charge >= 0.3 is 0 Å². The van der Waals surface area contributed by atoms with Gasteiger partial charge in [0.05, 0.1) is 17.8 Å². The third-order valence-electron chi connectivity index (χ3n) is 7.29. The zero-order valence-corrected chi connectivity index (χ0v) is 23.4. The van der Waals surface area contributed by atoms with E-state index < -0.39 is 0 Å². The van der Waals surface area contributed by atoms with Crippen LogP contribution in [0.2, 0.25) is 0 Å². The average Bonchev–Trinajstić information content (AvgIpc) is 3.42. The Morgan fingerprint density at radius 3 is 2.39 bits per heavy atom. The van der Waals surface area contributed by atoms with Crippen LogP contribution < -0.4 is 15.5 Å². The highest BCUT2D eigenvalue weighted by Gasteiger charge is 2.41. The second kappa shape index (κ2) is 11.3. The predicted octanol–water partition coefficient (Wildman–Crippen LogP) is 6.03. The summed E-state index contributed by atoms with van der Waals surface area (Å²) in [6.45, 7) is 6.12. The molecule has 0 amide bonds. The molecule has 7 heteroatoms. The number of nitrogens with one attached hydrogen (secondary N) is 2. The molecule has 1 aliphatic rings. The number of aromatic nitrogens is 2. The smallest absolute Gasteiger partial charge is 0.170 e. The van der Waals surface area contributed by atoms with Crippen LogP contribution in [0.15, 0.2) is 85.1 Å². The molecule has 0 unspecified atom stereocenters. The van der Waals surface area contributed by atoms with E-state index in [4.69, 9.17) is 17.2 Å². The molecule has 0 aliphatic carbocycles. The molecule has 38 heavy (non-hydrogen) atoms. The van der Waals surface area contributed by atoms with Crippen LogP contribution in [0.3, 0.4) is 0 Å². The van der Waals surface area contributed by atoms with Gasteiger partial charge in [-0.2, -0.15) is 0 Å². The number of rotatable bonds is 9. The van der Waals surface area contributed by atoms with E-state index in [1.807, 2.05) is 24.4 Å². The molecule has 3 heterocycles. The largest absolute Gasteiger partial charge is 0.385 e. The molecule has 0 bridgehead atoms. The summed E-state index contributed by atoms with van der Waals surface area (Å²) in [5.74, 6) is 0. The standard InChI is InChI=1S/C31H36N6S/c1-22-21-27(23(2)37(22)26-16-14-25(15-17-26)35(3)4)30-29(28-13-8-9-18-33-28)34-31(38)36(30)20-10-19-32-24-11-6-5-7-12-24/h5-9,11-18,21,29-30,32H,10,19-20H2,1-4H3,(H,34,38)/t29-,30-/m1/s1. The van der Waals surface area contributed by atoms with E-state index in [0.29, 0.717) is 0 Å². The molecule has 196 valence electrons. The van der Waals surface area contributed by atoms with Crippen LogP contribution in [-0.2, 0) is 0 Å². The van der Waals surface area contributed by atoms with Crippen molar-refractivity contribution in [3.63, 3.8) is 0 Å². The summed E-state index contributed by atoms with van der Waals surface area (Å²) in [6, 6.07) is 27.5.